The largest absolute Gasteiger partial charge is 0.507 e. The van der Waals surface area contributed by atoms with E-state index in [9.17, 15) is 14.7 Å². The monoisotopic (exact) mass is 458 g/mol. The van der Waals surface area contributed by atoms with Crippen LogP contribution in [0, 0.1) is 0 Å². The Bertz CT molecular complexity index is 1270. The highest BCUT2D eigenvalue weighted by Crippen LogP contribution is 2.42. The SMILES string of the molecule is COc1cccc(N2C(=O)C(=O)/C(=C(\O)c3ccc(OC)c(C(C)C)c3)C2c2ccccn2)c1. The second-order valence-electron chi connectivity index (χ2n) is 8.24. The summed E-state index contributed by atoms with van der Waals surface area (Å²) in [5.74, 6) is -0.445. The molecule has 0 spiro atoms. The van der Waals surface area contributed by atoms with E-state index in [4.69, 9.17) is 9.47 Å². The Balaban J connectivity index is 1.93. The van der Waals surface area contributed by atoms with Gasteiger partial charge in [0.2, 0.25) is 0 Å². The lowest BCUT2D eigenvalue weighted by atomic mass is 9.94. The molecule has 1 aliphatic rings. The molecule has 1 atom stereocenters. The van der Waals surface area contributed by atoms with Crippen molar-refractivity contribution in [2.24, 2.45) is 0 Å². The van der Waals surface area contributed by atoms with Crippen LogP contribution in [0.1, 0.15) is 42.6 Å². The average molecular weight is 459 g/mol. The second-order valence-corrected chi connectivity index (χ2v) is 8.24. The highest BCUT2D eigenvalue weighted by atomic mass is 16.5. The van der Waals surface area contributed by atoms with E-state index in [1.165, 1.54) is 12.0 Å². The normalized spacial score (nSPS) is 17.3. The Kier molecular flexibility index (Phi) is 6.36. The number of nitrogens with zero attached hydrogens (tertiary/aromatic N) is 2. The zero-order valence-electron chi connectivity index (χ0n) is 19.5. The van der Waals surface area contributed by atoms with Gasteiger partial charge in [0.25, 0.3) is 11.7 Å². The van der Waals surface area contributed by atoms with E-state index in [1.807, 2.05) is 13.8 Å². The summed E-state index contributed by atoms with van der Waals surface area (Å²) in [6, 6.07) is 16.4. The van der Waals surface area contributed by atoms with E-state index in [1.54, 1.807) is 74.0 Å². The number of Topliss-reactive ketones (excluding diaryl/α,β-unsaturated/α-hetero) is 1. The second kappa shape index (κ2) is 9.39. The number of aromatic nitrogens is 1. The van der Waals surface area contributed by atoms with Crippen LogP contribution in [0.2, 0.25) is 0 Å². The maximum atomic E-state index is 13.3. The van der Waals surface area contributed by atoms with Crippen molar-refractivity contribution in [3.8, 4) is 11.5 Å². The summed E-state index contributed by atoms with van der Waals surface area (Å²) < 4.78 is 10.8. The molecule has 34 heavy (non-hydrogen) atoms. The fourth-order valence-corrected chi connectivity index (χ4v) is 4.17. The Morgan fingerprint density at radius 2 is 1.79 bits per heavy atom. The van der Waals surface area contributed by atoms with Crippen molar-refractivity contribution in [3.63, 3.8) is 0 Å². The Morgan fingerprint density at radius 3 is 2.44 bits per heavy atom. The third-order valence-corrected chi connectivity index (χ3v) is 5.87. The minimum Gasteiger partial charge on any atom is -0.507 e. The molecule has 0 radical (unpaired) electrons. The van der Waals surface area contributed by atoms with Gasteiger partial charge in [0.15, 0.2) is 0 Å². The number of amides is 1. The Labute approximate surface area is 198 Å². The van der Waals surface area contributed by atoms with Crippen LogP contribution >= 0.6 is 0 Å². The predicted molar refractivity (Wildman–Crippen MR) is 129 cm³/mol. The topological polar surface area (TPSA) is 89.0 Å². The number of hydrogen-bond donors (Lipinski definition) is 1. The lowest BCUT2D eigenvalue weighted by molar-refractivity contribution is -0.132. The van der Waals surface area contributed by atoms with Crippen molar-refractivity contribution >= 4 is 23.1 Å². The van der Waals surface area contributed by atoms with Crippen molar-refractivity contribution < 1.29 is 24.2 Å². The highest BCUT2D eigenvalue weighted by molar-refractivity contribution is 6.51. The lowest BCUT2D eigenvalue weighted by Crippen LogP contribution is -2.29. The molecule has 1 N–H and O–H groups in total. The van der Waals surface area contributed by atoms with Gasteiger partial charge in [0.05, 0.1) is 25.5 Å². The van der Waals surface area contributed by atoms with Gasteiger partial charge in [-0.3, -0.25) is 19.5 Å². The summed E-state index contributed by atoms with van der Waals surface area (Å²) in [5.41, 5.74) is 2.21. The third-order valence-electron chi connectivity index (χ3n) is 5.87. The molecule has 1 aromatic heterocycles. The van der Waals surface area contributed by atoms with Crippen molar-refractivity contribution in [2.75, 3.05) is 19.1 Å². The first-order valence-electron chi connectivity index (χ1n) is 10.9. The summed E-state index contributed by atoms with van der Waals surface area (Å²) in [6.45, 7) is 4.02. The van der Waals surface area contributed by atoms with Crippen molar-refractivity contribution in [2.45, 2.75) is 25.8 Å². The number of hydrogen-bond acceptors (Lipinski definition) is 6. The van der Waals surface area contributed by atoms with Gasteiger partial charge < -0.3 is 14.6 Å². The van der Waals surface area contributed by atoms with E-state index in [0.717, 1.165) is 5.56 Å². The maximum absolute atomic E-state index is 13.3. The molecule has 0 aliphatic carbocycles. The van der Waals surface area contributed by atoms with Gasteiger partial charge in [-0.2, -0.15) is 0 Å². The van der Waals surface area contributed by atoms with E-state index in [2.05, 4.69) is 4.98 Å². The van der Waals surface area contributed by atoms with E-state index < -0.39 is 17.7 Å². The number of aliphatic hydroxyl groups is 1. The van der Waals surface area contributed by atoms with Crippen LogP contribution in [0.4, 0.5) is 5.69 Å². The van der Waals surface area contributed by atoms with Crippen molar-refractivity contribution in [1.82, 2.24) is 4.98 Å². The molecule has 7 nitrogen and oxygen atoms in total. The minimum absolute atomic E-state index is 0.0219. The van der Waals surface area contributed by atoms with Gasteiger partial charge in [-0.25, -0.2) is 0 Å². The minimum atomic E-state index is -0.905. The number of rotatable bonds is 6. The quantitative estimate of drug-likeness (QED) is 0.323. The summed E-state index contributed by atoms with van der Waals surface area (Å²) in [4.78, 5) is 32.3. The highest BCUT2D eigenvalue weighted by Gasteiger charge is 2.47. The number of pyridine rings is 1. The zero-order chi connectivity index (χ0) is 24.4. The summed E-state index contributed by atoms with van der Waals surface area (Å²) in [5, 5.41) is 11.4. The molecule has 1 saturated heterocycles. The van der Waals surface area contributed by atoms with Crippen molar-refractivity contribution in [1.29, 1.82) is 0 Å². The zero-order valence-corrected chi connectivity index (χ0v) is 19.5. The van der Waals surface area contributed by atoms with Crippen LogP contribution in [-0.2, 0) is 9.59 Å². The van der Waals surface area contributed by atoms with Gasteiger partial charge in [-0.1, -0.05) is 26.0 Å². The molecule has 2 aromatic carbocycles. The molecule has 174 valence electrons. The van der Waals surface area contributed by atoms with E-state index >= 15 is 0 Å². The number of anilines is 1. The summed E-state index contributed by atoms with van der Waals surface area (Å²) >= 11 is 0. The molecule has 3 aromatic rings. The lowest BCUT2D eigenvalue weighted by Gasteiger charge is -2.25. The standard InChI is InChI=1S/C27H26N2O5/c1-16(2)20-14-17(11-12-22(20)34-4)25(30)23-24(21-10-5-6-13-28-21)29(27(32)26(23)31)18-8-7-9-19(15-18)33-3/h5-16,24,30H,1-4H3/b25-23-. The van der Waals surface area contributed by atoms with Crippen LogP contribution in [0.5, 0.6) is 11.5 Å². The third kappa shape index (κ3) is 4.01. The molecule has 7 heteroatoms. The summed E-state index contributed by atoms with van der Waals surface area (Å²) in [6.07, 6.45) is 1.59. The number of benzene rings is 2. The molecule has 1 unspecified atom stereocenters. The molecule has 1 amide bonds. The van der Waals surface area contributed by atoms with Crippen LogP contribution in [0.3, 0.4) is 0 Å². The van der Waals surface area contributed by atoms with Gasteiger partial charge in [-0.15, -0.1) is 0 Å². The number of methoxy groups -OCH3 is 2. The smallest absolute Gasteiger partial charge is 0.300 e. The van der Waals surface area contributed by atoms with Gasteiger partial charge in [-0.05, 0) is 53.9 Å². The van der Waals surface area contributed by atoms with Crippen molar-refractivity contribution in [3.05, 3.63) is 89.3 Å². The molecule has 2 heterocycles. The van der Waals surface area contributed by atoms with Crippen LogP contribution < -0.4 is 14.4 Å². The molecule has 1 fully saturated rings. The first-order chi connectivity index (χ1) is 16.4. The molecular weight excluding hydrogens is 432 g/mol. The van der Waals surface area contributed by atoms with Crippen LogP contribution in [0.25, 0.3) is 5.76 Å². The molecule has 0 bridgehead atoms. The molecule has 0 saturated carbocycles. The van der Waals surface area contributed by atoms with Gasteiger partial charge in [0, 0.05) is 23.5 Å². The average Bonchev–Trinajstić information content (AvgIpc) is 3.13. The first kappa shape index (κ1) is 23.0. The first-order valence-corrected chi connectivity index (χ1v) is 10.9. The molecule has 1 aliphatic heterocycles. The number of ketones is 1. The fourth-order valence-electron chi connectivity index (χ4n) is 4.17. The maximum Gasteiger partial charge on any atom is 0.300 e. The predicted octanol–water partition coefficient (Wildman–Crippen LogP) is 4.85. The van der Waals surface area contributed by atoms with E-state index in [0.29, 0.717) is 28.4 Å². The number of aliphatic hydroxyl groups excluding tert-OH is 1. The molecular formula is C27H26N2O5. The fraction of sp³-hybridized carbons (Fsp3) is 0.222. The number of carbonyl (C=O) groups is 2. The summed E-state index contributed by atoms with van der Waals surface area (Å²) in [7, 11) is 3.11. The van der Waals surface area contributed by atoms with Crippen LogP contribution in [0.15, 0.2) is 72.4 Å². The van der Waals surface area contributed by atoms with Gasteiger partial charge in [0.1, 0.15) is 23.3 Å². The van der Waals surface area contributed by atoms with E-state index in [-0.39, 0.29) is 17.3 Å². The Hall–Kier alpha value is -4.13. The van der Waals surface area contributed by atoms with Crippen LogP contribution in [-0.4, -0.2) is 36.0 Å². The Morgan fingerprint density at radius 1 is 1.00 bits per heavy atom. The molecule has 4 rings (SSSR count). The number of carbonyl (C=O) groups excluding carboxylic acids is 2. The number of ether oxygens (including phenoxy) is 2. The van der Waals surface area contributed by atoms with Gasteiger partial charge >= 0.3 is 0 Å².